The normalized spacial score (nSPS) is 27.0. The van der Waals surface area contributed by atoms with Crippen molar-refractivity contribution in [2.75, 3.05) is 27.2 Å². The number of ether oxygens (including phenoxy) is 1. The molecule has 0 aromatic heterocycles. The number of methoxy groups -OCH3 is 1. The van der Waals surface area contributed by atoms with E-state index in [-0.39, 0.29) is 16.5 Å². The Hall–Kier alpha value is -1.66. The van der Waals surface area contributed by atoms with E-state index in [9.17, 15) is 15.2 Å². The summed E-state index contributed by atoms with van der Waals surface area (Å²) >= 11 is 0. The third kappa shape index (κ3) is 2.31. The van der Waals surface area contributed by atoms with Crippen molar-refractivity contribution < 1.29 is 14.8 Å². The van der Waals surface area contributed by atoms with Crippen molar-refractivity contribution >= 4 is 5.69 Å². The smallest absolute Gasteiger partial charge is 0.273 e. The number of nitro groups is 1. The van der Waals surface area contributed by atoms with E-state index in [0.29, 0.717) is 23.3 Å². The lowest BCUT2D eigenvalue weighted by atomic mass is 9.65. The molecule has 1 aliphatic heterocycles. The zero-order chi connectivity index (χ0) is 17.7. The largest absolute Gasteiger partial charge is 0.496 e. The third-order valence-corrected chi connectivity index (χ3v) is 6.01. The number of nitrogens with zero attached hydrogens (tertiary/aromatic N) is 2. The molecule has 132 valence electrons. The second-order valence-electron chi connectivity index (χ2n) is 7.80. The lowest BCUT2D eigenvalue weighted by Crippen LogP contribution is -2.49. The van der Waals surface area contributed by atoms with Crippen LogP contribution in [-0.4, -0.2) is 42.2 Å². The number of benzene rings is 1. The van der Waals surface area contributed by atoms with Crippen molar-refractivity contribution in [3.05, 3.63) is 33.4 Å². The average molecular weight is 334 g/mol. The van der Waals surface area contributed by atoms with Gasteiger partial charge in [-0.25, -0.2) is 0 Å². The van der Waals surface area contributed by atoms with Crippen LogP contribution in [0.25, 0.3) is 0 Å². The molecule has 1 aliphatic carbocycles. The molecule has 1 aromatic carbocycles. The summed E-state index contributed by atoms with van der Waals surface area (Å²) < 4.78 is 5.50. The van der Waals surface area contributed by atoms with Gasteiger partial charge >= 0.3 is 0 Å². The zero-order valence-electron chi connectivity index (χ0n) is 14.8. The number of piperidine rings is 1. The van der Waals surface area contributed by atoms with E-state index in [0.717, 1.165) is 25.9 Å². The molecule has 6 heteroatoms. The van der Waals surface area contributed by atoms with Crippen LogP contribution >= 0.6 is 0 Å². The summed E-state index contributed by atoms with van der Waals surface area (Å²) in [5, 5.41) is 23.4. The van der Waals surface area contributed by atoms with E-state index in [4.69, 9.17) is 4.74 Å². The summed E-state index contributed by atoms with van der Waals surface area (Å²) in [7, 11) is 3.64. The average Bonchev–Trinajstić information content (AvgIpc) is 2.74. The molecule has 0 saturated carbocycles. The van der Waals surface area contributed by atoms with E-state index in [1.54, 1.807) is 13.2 Å². The van der Waals surface area contributed by atoms with E-state index >= 15 is 0 Å². The Morgan fingerprint density at radius 3 is 2.50 bits per heavy atom. The van der Waals surface area contributed by atoms with Crippen LogP contribution in [0.5, 0.6) is 5.75 Å². The molecule has 24 heavy (non-hydrogen) atoms. The summed E-state index contributed by atoms with van der Waals surface area (Å²) in [5.74, 6) is 0.628. The molecular formula is C18H26N2O4. The maximum Gasteiger partial charge on any atom is 0.273 e. The van der Waals surface area contributed by atoms with Gasteiger partial charge in [-0.2, -0.15) is 0 Å². The van der Waals surface area contributed by atoms with Crippen LogP contribution < -0.4 is 4.74 Å². The van der Waals surface area contributed by atoms with Crippen molar-refractivity contribution in [1.82, 2.24) is 4.90 Å². The van der Waals surface area contributed by atoms with Crippen molar-refractivity contribution in [2.24, 2.45) is 11.3 Å². The lowest BCUT2D eigenvalue weighted by Gasteiger charge is -2.46. The minimum absolute atomic E-state index is 0.0702. The Bertz CT molecular complexity index is 665. The van der Waals surface area contributed by atoms with E-state index < -0.39 is 11.0 Å². The summed E-state index contributed by atoms with van der Waals surface area (Å²) in [6.07, 6.45) is 2.24. The van der Waals surface area contributed by atoms with Gasteiger partial charge in [0.1, 0.15) is 11.4 Å². The molecular weight excluding hydrogens is 308 g/mol. The summed E-state index contributed by atoms with van der Waals surface area (Å²) in [4.78, 5) is 13.4. The summed E-state index contributed by atoms with van der Waals surface area (Å²) in [6.45, 7) is 5.87. The van der Waals surface area contributed by atoms with Crippen molar-refractivity contribution in [1.29, 1.82) is 0 Å². The van der Waals surface area contributed by atoms with Gasteiger partial charge in [-0.15, -0.1) is 0 Å². The Morgan fingerprint density at radius 2 is 1.96 bits per heavy atom. The monoisotopic (exact) mass is 334 g/mol. The lowest BCUT2D eigenvalue weighted by molar-refractivity contribution is -0.385. The number of nitro benzene ring substituents is 1. The van der Waals surface area contributed by atoms with Crippen LogP contribution in [0.15, 0.2) is 12.1 Å². The van der Waals surface area contributed by atoms with E-state index in [1.165, 1.54) is 6.07 Å². The van der Waals surface area contributed by atoms with E-state index in [2.05, 4.69) is 11.9 Å². The first-order valence-electron chi connectivity index (χ1n) is 8.48. The maximum absolute atomic E-state index is 11.9. The van der Waals surface area contributed by atoms with Gasteiger partial charge in [0.05, 0.1) is 12.0 Å². The minimum Gasteiger partial charge on any atom is -0.496 e. The number of hydrogen-bond acceptors (Lipinski definition) is 5. The van der Waals surface area contributed by atoms with Crippen LogP contribution in [-0.2, 0) is 12.0 Å². The first-order chi connectivity index (χ1) is 11.2. The Labute approximate surface area is 142 Å². The first-order valence-corrected chi connectivity index (χ1v) is 8.48. The molecule has 1 N–H and O–H groups in total. The predicted molar refractivity (Wildman–Crippen MR) is 91.3 cm³/mol. The maximum atomic E-state index is 11.9. The topological polar surface area (TPSA) is 75.8 Å². The number of fused-ring (bicyclic) bond motifs is 1. The third-order valence-electron chi connectivity index (χ3n) is 6.01. The van der Waals surface area contributed by atoms with Crippen molar-refractivity contribution in [3.8, 4) is 5.75 Å². The molecule has 1 atom stereocenters. The second-order valence-corrected chi connectivity index (χ2v) is 7.80. The second kappa shape index (κ2) is 5.70. The van der Waals surface area contributed by atoms with Crippen LogP contribution in [0.1, 0.15) is 37.8 Å². The van der Waals surface area contributed by atoms with Crippen molar-refractivity contribution in [2.45, 2.75) is 38.7 Å². The first kappa shape index (κ1) is 17.2. The van der Waals surface area contributed by atoms with Crippen LogP contribution in [0.4, 0.5) is 5.69 Å². The highest BCUT2D eigenvalue weighted by Gasteiger charge is 2.58. The minimum atomic E-state index is -1.11. The summed E-state index contributed by atoms with van der Waals surface area (Å²) in [6, 6.07) is 3.12. The van der Waals surface area contributed by atoms with Gasteiger partial charge < -0.3 is 14.7 Å². The van der Waals surface area contributed by atoms with Gasteiger partial charge in [-0.3, -0.25) is 10.1 Å². The van der Waals surface area contributed by atoms with Gasteiger partial charge in [-0.05, 0) is 51.4 Å². The molecule has 0 spiro atoms. The number of aliphatic hydroxyl groups is 1. The molecule has 1 fully saturated rings. The molecule has 1 saturated heterocycles. The SMILES string of the molecule is COc1ccc([N+](=O)[O-])c2c1C(O)(C1CCN(C)CC1)C(C)(C)C2. The standard InChI is InChI=1S/C18H26N2O4/c1-17(2)11-13-14(20(22)23)5-6-15(24-4)16(13)18(17,21)12-7-9-19(3)10-8-12/h5-6,12,21H,7-11H2,1-4H3. The van der Waals surface area contributed by atoms with Crippen LogP contribution in [0.3, 0.4) is 0 Å². The molecule has 1 unspecified atom stereocenters. The van der Waals surface area contributed by atoms with Gasteiger partial charge in [0.2, 0.25) is 0 Å². The van der Waals surface area contributed by atoms with Crippen LogP contribution in [0.2, 0.25) is 0 Å². The molecule has 1 aromatic rings. The Morgan fingerprint density at radius 1 is 1.33 bits per heavy atom. The highest BCUT2D eigenvalue weighted by molar-refractivity contribution is 5.59. The van der Waals surface area contributed by atoms with Crippen molar-refractivity contribution in [3.63, 3.8) is 0 Å². The molecule has 0 amide bonds. The molecule has 1 heterocycles. The molecule has 6 nitrogen and oxygen atoms in total. The number of rotatable bonds is 3. The highest BCUT2D eigenvalue weighted by Crippen LogP contribution is 2.60. The Kier molecular flexibility index (Phi) is 4.08. The van der Waals surface area contributed by atoms with Crippen LogP contribution in [0, 0.1) is 21.4 Å². The molecule has 0 radical (unpaired) electrons. The van der Waals surface area contributed by atoms with E-state index in [1.807, 2.05) is 13.8 Å². The molecule has 2 aliphatic rings. The zero-order valence-corrected chi connectivity index (χ0v) is 14.8. The Balaban J connectivity index is 2.18. The molecule has 3 rings (SSSR count). The highest BCUT2D eigenvalue weighted by atomic mass is 16.6. The fraction of sp³-hybridized carbons (Fsp3) is 0.667. The quantitative estimate of drug-likeness (QED) is 0.679. The van der Waals surface area contributed by atoms with Gasteiger partial charge in [0.15, 0.2) is 0 Å². The number of hydrogen-bond donors (Lipinski definition) is 1. The summed E-state index contributed by atoms with van der Waals surface area (Å²) in [5.41, 5.74) is -0.233. The predicted octanol–water partition coefficient (Wildman–Crippen LogP) is 2.72. The van der Waals surface area contributed by atoms with Gasteiger partial charge in [-0.1, -0.05) is 13.8 Å². The molecule has 0 bridgehead atoms. The number of likely N-dealkylation sites (tertiary alicyclic amines) is 1. The fourth-order valence-corrected chi connectivity index (χ4v) is 4.65. The van der Waals surface area contributed by atoms with Gasteiger partial charge in [0, 0.05) is 22.6 Å². The fourth-order valence-electron chi connectivity index (χ4n) is 4.65. The van der Waals surface area contributed by atoms with Gasteiger partial charge in [0.25, 0.3) is 5.69 Å².